The van der Waals surface area contributed by atoms with E-state index in [0.717, 1.165) is 44.0 Å². The highest BCUT2D eigenvalue weighted by molar-refractivity contribution is 5.92. The Morgan fingerprint density at radius 3 is 2.19 bits per heavy atom. The number of nitrogens with one attached hydrogen (secondary N) is 1. The maximum atomic E-state index is 12.2. The Morgan fingerprint density at radius 2 is 1.61 bits per heavy atom. The Bertz CT molecular complexity index is 857. The van der Waals surface area contributed by atoms with Crippen LogP contribution in [0.25, 0.3) is 0 Å². The number of rotatable bonds is 8. The molecule has 0 radical (unpaired) electrons. The van der Waals surface area contributed by atoms with Gasteiger partial charge in [-0.3, -0.25) is 9.59 Å². The Morgan fingerprint density at radius 1 is 0.968 bits per heavy atom. The number of amides is 2. The second kappa shape index (κ2) is 10.8. The monoisotopic (exact) mass is 423 g/mol. The van der Waals surface area contributed by atoms with Crippen molar-refractivity contribution in [3.8, 4) is 5.75 Å². The fraction of sp³-hybridized carbons (Fsp3) is 0.440. The van der Waals surface area contributed by atoms with Crippen molar-refractivity contribution in [3.63, 3.8) is 0 Å². The van der Waals surface area contributed by atoms with Crippen LogP contribution in [0.4, 0.5) is 11.4 Å². The molecule has 1 aliphatic rings. The summed E-state index contributed by atoms with van der Waals surface area (Å²) < 4.78 is 5.61. The van der Waals surface area contributed by atoms with Gasteiger partial charge in [-0.25, -0.2) is 0 Å². The van der Waals surface area contributed by atoms with Crippen molar-refractivity contribution in [1.29, 1.82) is 0 Å². The molecule has 1 atom stereocenters. The molecule has 0 spiro atoms. The number of piperazine rings is 1. The van der Waals surface area contributed by atoms with Crippen molar-refractivity contribution in [1.82, 2.24) is 4.90 Å². The number of anilines is 2. The van der Waals surface area contributed by atoms with Crippen LogP contribution in [0.2, 0.25) is 0 Å². The zero-order valence-corrected chi connectivity index (χ0v) is 18.8. The molecule has 2 aromatic carbocycles. The number of nitrogens with zero attached hydrogens (tertiary/aromatic N) is 2. The van der Waals surface area contributed by atoms with Gasteiger partial charge in [0, 0.05) is 44.0 Å². The number of carbonyl (C=O) groups is 2. The first kappa shape index (κ1) is 22.7. The standard InChI is InChI=1S/C25H33N3O3/c1-4-19(3)20-6-12-23(13-7-20)31-18-24(29)26-21-8-10-22(11-9-21)27-14-16-28(17-15-27)25(30)5-2/h6-13,19H,4-5,14-18H2,1-3H3,(H,26,29)/t19-/m0/s1. The van der Waals surface area contributed by atoms with Crippen LogP contribution in [0.3, 0.4) is 0 Å². The van der Waals surface area contributed by atoms with Gasteiger partial charge in [0.1, 0.15) is 5.75 Å². The van der Waals surface area contributed by atoms with Gasteiger partial charge in [0.05, 0.1) is 0 Å². The first-order valence-corrected chi connectivity index (χ1v) is 11.2. The lowest BCUT2D eigenvalue weighted by Crippen LogP contribution is -2.48. The van der Waals surface area contributed by atoms with Gasteiger partial charge in [0.25, 0.3) is 5.91 Å². The Labute approximate surface area is 185 Å². The molecule has 0 unspecified atom stereocenters. The predicted molar refractivity (Wildman–Crippen MR) is 125 cm³/mol. The van der Waals surface area contributed by atoms with Crippen LogP contribution in [0.5, 0.6) is 5.75 Å². The van der Waals surface area contributed by atoms with Crippen LogP contribution in [0.15, 0.2) is 48.5 Å². The van der Waals surface area contributed by atoms with E-state index in [4.69, 9.17) is 4.74 Å². The van der Waals surface area contributed by atoms with Gasteiger partial charge in [-0.15, -0.1) is 0 Å². The molecule has 6 heteroatoms. The average Bonchev–Trinajstić information content (AvgIpc) is 2.82. The first-order valence-electron chi connectivity index (χ1n) is 11.2. The van der Waals surface area contributed by atoms with Gasteiger partial charge in [-0.1, -0.05) is 32.9 Å². The maximum absolute atomic E-state index is 12.2. The van der Waals surface area contributed by atoms with Crippen molar-refractivity contribution >= 4 is 23.2 Å². The van der Waals surface area contributed by atoms with Crippen LogP contribution in [0.1, 0.15) is 45.1 Å². The zero-order valence-electron chi connectivity index (χ0n) is 18.8. The normalized spacial score (nSPS) is 14.8. The molecule has 3 rings (SSSR count). The molecule has 1 saturated heterocycles. The maximum Gasteiger partial charge on any atom is 0.262 e. The summed E-state index contributed by atoms with van der Waals surface area (Å²) in [6.07, 6.45) is 1.65. The number of benzene rings is 2. The highest BCUT2D eigenvalue weighted by atomic mass is 16.5. The van der Waals surface area contributed by atoms with Crippen molar-refractivity contribution in [3.05, 3.63) is 54.1 Å². The molecule has 2 aromatic rings. The Hall–Kier alpha value is -3.02. The summed E-state index contributed by atoms with van der Waals surface area (Å²) >= 11 is 0. The molecule has 1 aliphatic heterocycles. The van der Waals surface area contributed by atoms with Crippen molar-refractivity contribution in [2.24, 2.45) is 0 Å². The minimum atomic E-state index is -0.189. The molecular formula is C25H33N3O3. The lowest BCUT2D eigenvalue weighted by atomic mass is 9.99. The van der Waals surface area contributed by atoms with Crippen LogP contribution in [-0.4, -0.2) is 49.5 Å². The Kier molecular flexibility index (Phi) is 7.93. The van der Waals surface area contributed by atoms with Crippen molar-refractivity contribution < 1.29 is 14.3 Å². The van der Waals surface area contributed by atoms with Crippen LogP contribution >= 0.6 is 0 Å². The predicted octanol–water partition coefficient (Wildman–Crippen LogP) is 4.28. The van der Waals surface area contributed by atoms with Crippen LogP contribution in [-0.2, 0) is 9.59 Å². The number of carbonyl (C=O) groups excluding carboxylic acids is 2. The highest BCUT2D eigenvalue weighted by Crippen LogP contribution is 2.22. The fourth-order valence-corrected chi connectivity index (χ4v) is 3.67. The lowest BCUT2D eigenvalue weighted by Gasteiger charge is -2.36. The largest absolute Gasteiger partial charge is 0.484 e. The van der Waals surface area contributed by atoms with E-state index in [0.29, 0.717) is 18.1 Å². The molecule has 0 saturated carbocycles. The number of ether oxygens (including phenoxy) is 1. The third-order valence-electron chi connectivity index (χ3n) is 5.88. The van der Waals surface area contributed by atoms with Gasteiger partial charge in [0.15, 0.2) is 6.61 Å². The smallest absolute Gasteiger partial charge is 0.262 e. The molecule has 31 heavy (non-hydrogen) atoms. The van der Waals surface area contributed by atoms with Crippen molar-refractivity contribution in [2.45, 2.75) is 39.5 Å². The summed E-state index contributed by atoms with van der Waals surface area (Å²) in [6.45, 7) is 9.38. The molecule has 1 fully saturated rings. The summed E-state index contributed by atoms with van der Waals surface area (Å²) in [4.78, 5) is 28.2. The molecule has 166 valence electrons. The zero-order chi connectivity index (χ0) is 22.2. The fourth-order valence-electron chi connectivity index (χ4n) is 3.67. The summed E-state index contributed by atoms with van der Waals surface area (Å²) in [5, 5.41) is 2.88. The summed E-state index contributed by atoms with van der Waals surface area (Å²) in [7, 11) is 0. The van der Waals surface area contributed by atoms with Gasteiger partial charge in [-0.2, -0.15) is 0 Å². The summed E-state index contributed by atoms with van der Waals surface area (Å²) in [6, 6.07) is 15.7. The van der Waals surface area contributed by atoms with E-state index in [1.807, 2.05) is 48.2 Å². The van der Waals surface area contributed by atoms with E-state index in [1.165, 1.54) is 5.56 Å². The van der Waals surface area contributed by atoms with E-state index in [9.17, 15) is 9.59 Å². The number of hydrogen-bond acceptors (Lipinski definition) is 4. The van der Waals surface area contributed by atoms with E-state index < -0.39 is 0 Å². The highest BCUT2D eigenvalue weighted by Gasteiger charge is 2.20. The second-order valence-corrected chi connectivity index (χ2v) is 7.98. The van der Waals surface area contributed by atoms with E-state index in [1.54, 1.807) is 0 Å². The molecule has 2 amide bonds. The van der Waals surface area contributed by atoms with Crippen molar-refractivity contribution in [2.75, 3.05) is 43.0 Å². The first-order chi connectivity index (χ1) is 15.0. The summed E-state index contributed by atoms with van der Waals surface area (Å²) in [5.74, 6) is 1.23. The lowest BCUT2D eigenvalue weighted by molar-refractivity contribution is -0.131. The van der Waals surface area contributed by atoms with Gasteiger partial charge in [-0.05, 0) is 54.3 Å². The molecule has 1 heterocycles. The van der Waals surface area contributed by atoms with E-state index in [-0.39, 0.29) is 18.4 Å². The van der Waals surface area contributed by atoms with Gasteiger partial charge in [0.2, 0.25) is 5.91 Å². The summed E-state index contributed by atoms with van der Waals surface area (Å²) in [5.41, 5.74) is 3.11. The van der Waals surface area contributed by atoms with Crippen LogP contribution in [0, 0.1) is 0 Å². The molecule has 0 aliphatic carbocycles. The Balaban J connectivity index is 1.45. The van der Waals surface area contributed by atoms with Gasteiger partial charge >= 0.3 is 0 Å². The van der Waals surface area contributed by atoms with Crippen LogP contribution < -0.4 is 15.0 Å². The molecule has 0 aromatic heterocycles. The molecule has 0 bridgehead atoms. The minimum absolute atomic E-state index is 0.0299. The molecule has 6 nitrogen and oxygen atoms in total. The molecular weight excluding hydrogens is 390 g/mol. The third kappa shape index (κ3) is 6.23. The second-order valence-electron chi connectivity index (χ2n) is 7.98. The van der Waals surface area contributed by atoms with E-state index >= 15 is 0 Å². The van der Waals surface area contributed by atoms with Gasteiger partial charge < -0.3 is 19.9 Å². The quantitative estimate of drug-likeness (QED) is 0.689. The third-order valence-corrected chi connectivity index (χ3v) is 5.88. The average molecular weight is 424 g/mol. The SMILES string of the molecule is CCC(=O)N1CCN(c2ccc(NC(=O)COc3ccc([C@@H](C)CC)cc3)cc2)CC1. The molecule has 1 N–H and O–H groups in total. The minimum Gasteiger partial charge on any atom is -0.484 e. The topological polar surface area (TPSA) is 61.9 Å². The van der Waals surface area contributed by atoms with E-state index in [2.05, 4.69) is 36.2 Å². The number of hydrogen-bond donors (Lipinski definition) is 1.